The van der Waals surface area contributed by atoms with Gasteiger partial charge in [-0.25, -0.2) is 22.7 Å². The maximum atomic E-state index is 13.7. The molecule has 1 amide bonds. The summed E-state index contributed by atoms with van der Waals surface area (Å²) in [7, 11) is -0.685. The molecular formula is C36H44N4O7S. The Morgan fingerprint density at radius 3 is 2.21 bits per heavy atom. The van der Waals surface area contributed by atoms with Crippen molar-refractivity contribution < 1.29 is 32.6 Å². The van der Waals surface area contributed by atoms with E-state index >= 15 is 0 Å². The highest BCUT2D eigenvalue weighted by Crippen LogP contribution is 2.45. The molecule has 5 rings (SSSR count). The number of alkyl carbamates (subject to hydrolysis) is 1. The van der Waals surface area contributed by atoms with Crippen molar-refractivity contribution in [3.63, 3.8) is 0 Å². The van der Waals surface area contributed by atoms with Gasteiger partial charge in [0.25, 0.3) is 10.0 Å². The number of hydrogen-bond donors (Lipinski definition) is 3. The lowest BCUT2D eigenvalue weighted by Crippen LogP contribution is -2.42. The number of amides is 1. The SMILES string of the molecule is Cc1c(C)c(S(=O)(=O)NC(=NCCC[C@H](NC(=O)OCC2c3ccccc3-c3ccccc32)C(=O)O)N(C)C)c(C)c2c1OC(C)(C)C2. The Morgan fingerprint density at radius 2 is 1.62 bits per heavy atom. The van der Waals surface area contributed by atoms with Crippen molar-refractivity contribution in [2.75, 3.05) is 27.2 Å². The summed E-state index contributed by atoms with van der Waals surface area (Å²) in [5, 5.41) is 12.3. The maximum Gasteiger partial charge on any atom is 0.407 e. The Morgan fingerprint density at radius 1 is 1.02 bits per heavy atom. The zero-order valence-electron chi connectivity index (χ0n) is 28.5. The first-order valence-corrected chi connectivity index (χ1v) is 17.5. The number of benzene rings is 3. The summed E-state index contributed by atoms with van der Waals surface area (Å²) in [6, 6.07) is 14.7. The second-order valence-corrected chi connectivity index (χ2v) is 14.9. The minimum Gasteiger partial charge on any atom is -0.487 e. The van der Waals surface area contributed by atoms with Crippen LogP contribution in [0.25, 0.3) is 11.1 Å². The molecule has 0 saturated carbocycles. The molecule has 1 atom stereocenters. The van der Waals surface area contributed by atoms with Crippen molar-refractivity contribution in [2.24, 2.45) is 4.99 Å². The van der Waals surface area contributed by atoms with Crippen molar-refractivity contribution in [1.82, 2.24) is 14.9 Å². The molecule has 1 aliphatic heterocycles. The molecule has 3 aromatic carbocycles. The lowest BCUT2D eigenvalue weighted by atomic mass is 9.94. The summed E-state index contributed by atoms with van der Waals surface area (Å²) in [6.07, 6.45) is 0.108. The Hall–Kier alpha value is -4.58. The molecule has 0 aromatic heterocycles. The van der Waals surface area contributed by atoms with E-state index in [1.54, 1.807) is 32.8 Å². The first-order valence-electron chi connectivity index (χ1n) is 16.0. The number of aliphatic imine (C=N–C) groups is 1. The molecule has 0 fully saturated rings. The molecule has 12 heteroatoms. The van der Waals surface area contributed by atoms with E-state index in [-0.39, 0.29) is 42.8 Å². The Balaban J connectivity index is 1.20. The highest BCUT2D eigenvalue weighted by atomic mass is 32.2. The summed E-state index contributed by atoms with van der Waals surface area (Å²) in [5.74, 6) is -0.497. The summed E-state index contributed by atoms with van der Waals surface area (Å²) in [4.78, 5) is 30.9. The van der Waals surface area contributed by atoms with Gasteiger partial charge in [0.05, 0.1) is 4.90 Å². The number of hydrogen-bond acceptors (Lipinski definition) is 7. The summed E-state index contributed by atoms with van der Waals surface area (Å²) in [5.41, 5.74) is 6.80. The van der Waals surface area contributed by atoms with Crippen molar-refractivity contribution in [2.45, 2.75) is 76.3 Å². The highest BCUT2D eigenvalue weighted by molar-refractivity contribution is 7.90. The molecule has 3 aromatic rings. The highest BCUT2D eigenvalue weighted by Gasteiger charge is 2.37. The minimum absolute atomic E-state index is 0.0640. The van der Waals surface area contributed by atoms with E-state index in [0.717, 1.165) is 39.1 Å². The molecular weight excluding hydrogens is 632 g/mol. The lowest BCUT2D eigenvalue weighted by Gasteiger charge is -2.22. The van der Waals surface area contributed by atoms with Gasteiger partial charge in [-0.15, -0.1) is 0 Å². The zero-order chi connectivity index (χ0) is 35.0. The number of carboxylic acids is 1. The van der Waals surface area contributed by atoms with Crippen LogP contribution in [-0.2, 0) is 26.0 Å². The van der Waals surface area contributed by atoms with Crippen LogP contribution in [0.3, 0.4) is 0 Å². The largest absolute Gasteiger partial charge is 0.487 e. The van der Waals surface area contributed by atoms with Gasteiger partial charge in [0.1, 0.15) is 24.0 Å². The minimum atomic E-state index is -4.03. The molecule has 0 unspecified atom stereocenters. The van der Waals surface area contributed by atoms with Crippen LogP contribution in [0.2, 0.25) is 0 Å². The van der Waals surface area contributed by atoms with E-state index in [0.29, 0.717) is 17.5 Å². The van der Waals surface area contributed by atoms with Crippen LogP contribution < -0.4 is 14.8 Å². The van der Waals surface area contributed by atoms with Crippen LogP contribution in [0, 0.1) is 20.8 Å². The molecule has 256 valence electrons. The summed E-state index contributed by atoms with van der Waals surface area (Å²) in [6.45, 7) is 9.58. The van der Waals surface area contributed by atoms with Crippen LogP contribution in [0.1, 0.15) is 66.0 Å². The summed E-state index contributed by atoms with van der Waals surface area (Å²) >= 11 is 0. The summed E-state index contributed by atoms with van der Waals surface area (Å²) < 4.78 is 41.8. The van der Waals surface area contributed by atoms with Crippen molar-refractivity contribution >= 4 is 28.0 Å². The predicted molar refractivity (Wildman–Crippen MR) is 184 cm³/mol. The average Bonchev–Trinajstić information content (AvgIpc) is 3.53. The number of ether oxygens (including phenoxy) is 2. The van der Waals surface area contributed by atoms with E-state index in [2.05, 4.69) is 15.0 Å². The number of carboxylic acid groups (broad SMARTS) is 1. The average molecular weight is 677 g/mol. The normalized spacial score (nSPS) is 15.5. The van der Waals surface area contributed by atoms with Gasteiger partial charge < -0.3 is 24.8 Å². The number of carbonyl (C=O) groups is 2. The number of nitrogens with one attached hydrogen (secondary N) is 2. The van der Waals surface area contributed by atoms with Gasteiger partial charge >= 0.3 is 12.1 Å². The number of aliphatic carboxylic acids is 1. The standard InChI is InChI=1S/C36H44N4O7S/c1-21-22(2)32(23(3)28-19-36(4,5)47-31(21)28)48(44,45)39-34(40(6)7)37-18-12-17-30(33(41)42)38-35(43)46-20-29-26-15-10-8-13-24(26)25-14-9-11-16-27(25)29/h8-11,13-16,29-30H,12,17-20H2,1-7H3,(H,37,39)(H,38,43)(H,41,42)/t30-/m0/s1. The fourth-order valence-corrected chi connectivity index (χ4v) is 8.28. The lowest BCUT2D eigenvalue weighted by molar-refractivity contribution is -0.139. The Bertz CT molecular complexity index is 1840. The third-order valence-corrected chi connectivity index (χ3v) is 10.7. The molecule has 11 nitrogen and oxygen atoms in total. The molecule has 3 N–H and O–H groups in total. The topological polar surface area (TPSA) is 147 Å². The van der Waals surface area contributed by atoms with Gasteiger partial charge in [-0.3, -0.25) is 4.99 Å². The van der Waals surface area contributed by atoms with Crippen molar-refractivity contribution in [3.8, 4) is 16.9 Å². The Labute approximate surface area is 282 Å². The van der Waals surface area contributed by atoms with Gasteiger partial charge in [0, 0.05) is 38.5 Å². The van der Waals surface area contributed by atoms with E-state index in [1.807, 2.05) is 69.3 Å². The van der Waals surface area contributed by atoms with Crippen LogP contribution in [0.4, 0.5) is 4.79 Å². The van der Waals surface area contributed by atoms with Gasteiger partial charge in [-0.1, -0.05) is 48.5 Å². The molecule has 1 heterocycles. The number of fused-ring (bicyclic) bond motifs is 4. The van der Waals surface area contributed by atoms with Crippen molar-refractivity contribution in [3.05, 3.63) is 81.9 Å². The Kier molecular flexibility index (Phi) is 9.77. The molecule has 0 spiro atoms. The number of guanidine groups is 1. The van der Waals surface area contributed by atoms with Crippen LogP contribution >= 0.6 is 0 Å². The van der Waals surface area contributed by atoms with Gasteiger partial charge in [-0.05, 0) is 86.4 Å². The van der Waals surface area contributed by atoms with Crippen LogP contribution in [0.5, 0.6) is 5.75 Å². The quantitative estimate of drug-likeness (QED) is 0.149. The smallest absolute Gasteiger partial charge is 0.407 e. The number of nitrogens with zero attached hydrogens (tertiary/aromatic N) is 2. The first kappa shape index (κ1) is 34.7. The molecule has 1 aliphatic carbocycles. The number of rotatable bonds is 10. The molecule has 0 bridgehead atoms. The van der Waals surface area contributed by atoms with E-state index in [1.165, 1.54) is 0 Å². The van der Waals surface area contributed by atoms with Crippen molar-refractivity contribution in [1.29, 1.82) is 0 Å². The van der Waals surface area contributed by atoms with E-state index in [4.69, 9.17) is 9.47 Å². The third-order valence-electron chi connectivity index (χ3n) is 9.06. The zero-order valence-corrected chi connectivity index (χ0v) is 29.3. The second-order valence-electron chi connectivity index (χ2n) is 13.3. The van der Waals surface area contributed by atoms with E-state index in [9.17, 15) is 23.1 Å². The monoisotopic (exact) mass is 676 g/mol. The molecule has 2 aliphatic rings. The van der Waals surface area contributed by atoms with Crippen LogP contribution in [0.15, 0.2) is 58.4 Å². The third kappa shape index (κ3) is 6.99. The first-order chi connectivity index (χ1) is 22.6. The van der Waals surface area contributed by atoms with Gasteiger partial charge in [0.2, 0.25) is 5.96 Å². The van der Waals surface area contributed by atoms with E-state index < -0.39 is 33.7 Å². The van der Waals surface area contributed by atoms with Gasteiger partial charge in [0.15, 0.2) is 0 Å². The fourth-order valence-electron chi connectivity index (χ4n) is 6.60. The van der Waals surface area contributed by atoms with Crippen LogP contribution in [-0.4, -0.2) is 75.3 Å². The number of carbonyl (C=O) groups excluding carboxylic acids is 1. The van der Waals surface area contributed by atoms with Gasteiger partial charge in [-0.2, -0.15) is 0 Å². The number of sulfonamides is 1. The maximum absolute atomic E-state index is 13.7. The molecule has 48 heavy (non-hydrogen) atoms. The molecule has 0 saturated heterocycles. The molecule has 0 radical (unpaired) electrons. The second kappa shape index (κ2) is 13.5. The fraction of sp³-hybridized carbons (Fsp3) is 0.417. The predicted octanol–water partition coefficient (Wildman–Crippen LogP) is 5.29.